The highest BCUT2D eigenvalue weighted by Gasteiger charge is 2.14. The normalized spacial score (nSPS) is 12.9. The lowest BCUT2D eigenvalue weighted by Gasteiger charge is -2.09. The Labute approximate surface area is 132 Å². The third-order valence-corrected chi connectivity index (χ3v) is 4.51. The summed E-state index contributed by atoms with van der Waals surface area (Å²) in [6, 6.07) is 5.36. The van der Waals surface area contributed by atoms with E-state index in [0.717, 1.165) is 35.4 Å². The fraction of sp³-hybridized carbons (Fsp3) is 0.400. The van der Waals surface area contributed by atoms with Crippen LogP contribution in [0.2, 0.25) is 0 Å². The number of nitrogens with zero attached hydrogens (tertiary/aromatic N) is 2. The Morgan fingerprint density at radius 3 is 3.09 bits per heavy atom. The van der Waals surface area contributed by atoms with Gasteiger partial charge in [-0.2, -0.15) is 5.10 Å². The number of aryl methyl sites for hydroxylation is 2. The molecule has 22 heavy (non-hydrogen) atoms. The zero-order chi connectivity index (χ0) is 15.4. The van der Waals surface area contributed by atoms with Gasteiger partial charge in [-0.25, -0.2) is 9.48 Å². The summed E-state index contributed by atoms with van der Waals surface area (Å²) in [6.07, 6.45) is 2.95. The van der Waals surface area contributed by atoms with E-state index >= 15 is 0 Å². The fourth-order valence-electron chi connectivity index (χ4n) is 2.52. The van der Waals surface area contributed by atoms with Crippen molar-refractivity contribution in [2.75, 3.05) is 6.54 Å². The second kappa shape index (κ2) is 6.74. The summed E-state index contributed by atoms with van der Waals surface area (Å²) in [5, 5.41) is 11.9. The molecule has 116 valence electrons. The minimum atomic E-state index is -0.234. The molecule has 0 aliphatic heterocycles. The molecule has 1 aliphatic rings. The first-order valence-corrected chi connectivity index (χ1v) is 8.24. The SMILES string of the molecule is O=C(NCCn1nc2c(cc1=O)CCC2)NCc1cccs1. The van der Waals surface area contributed by atoms with Gasteiger partial charge in [0.25, 0.3) is 5.56 Å². The van der Waals surface area contributed by atoms with Crippen LogP contribution in [0.5, 0.6) is 0 Å². The molecule has 0 atom stereocenters. The Bertz CT molecular complexity index is 709. The van der Waals surface area contributed by atoms with Crippen LogP contribution in [0.1, 0.15) is 22.6 Å². The van der Waals surface area contributed by atoms with E-state index in [0.29, 0.717) is 19.6 Å². The van der Waals surface area contributed by atoms with Gasteiger partial charge in [-0.15, -0.1) is 11.3 Å². The van der Waals surface area contributed by atoms with Crippen molar-refractivity contribution < 1.29 is 4.79 Å². The molecule has 1 aliphatic carbocycles. The zero-order valence-corrected chi connectivity index (χ0v) is 13.0. The van der Waals surface area contributed by atoms with Gasteiger partial charge in [0.2, 0.25) is 0 Å². The summed E-state index contributed by atoms with van der Waals surface area (Å²) < 4.78 is 1.43. The van der Waals surface area contributed by atoms with Gasteiger partial charge in [-0.1, -0.05) is 6.07 Å². The Balaban J connectivity index is 1.47. The first kappa shape index (κ1) is 14.8. The van der Waals surface area contributed by atoms with Crippen LogP contribution < -0.4 is 16.2 Å². The van der Waals surface area contributed by atoms with E-state index in [2.05, 4.69) is 15.7 Å². The third-order valence-electron chi connectivity index (χ3n) is 3.64. The molecule has 2 amide bonds. The number of carbonyl (C=O) groups is 1. The number of fused-ring (bicyclic) bond motifs is 1. The second-order valence-corrected chi connectivity index (χ2v) is 6.25. The maximum absolute atomic E-state index is 11.9. The predicted molar refractivity (Wildman–Crippen MR) is 85.1 cm³/mol. The van der Waals surface area contributed by atoms with Gasteiger partial charge in [0, 0.05) is 17.5 Å². The van der Waals surface area contributed by atoms with Crippen molar-refractivity contribution in [1.82, 2.24) is 20.4 Å². The molecule has 0 unspecified atom stereocenters. The number of amides is 2. The lowest BCUT2D eigenvalue weighted by molar-refractivity contribution is 0.240. The van der Waals surface area contributed by atoms with Gasteiger partial charge >= 0.3 is 6.03 Å². The topological polar surface area (TPSA) is 76.0 Å². The molecule has 3 rings (SSSR count). The van der Waals surface area contributed by atoms with Crippen LogP contribution in [-0.2, 0) is 25.9 Å². The van der Waals surface area contributed by atoms with Gasteiger partial charge < -0.3 is 10.6 Å². The second-order valence-electron chi connectivity index (χ2n) is 5.22. The van der Waals surface area contributed by atoms with Crippen molar-refractivity contribution >= 4 is 17.4 Å². The number of urea groups is 1. The quantitative estimate of drug-likeness (QED) is 0.872. The summed E-state index contributed by atoms with van der Waals surface area (Å²) in [5.74, 6) is 0. The van der Waals surface area contributed by atoms with Crippen molar-refractivity contribution in [3.05, 3.63) is 50.1 Å². The lowest BCUT2D eigenvalue weighted by Crippen LogP contribution is -2.38. The van der Waals surface area contributed by atoms with Gasteiger partial charge in [0.15, 0.2) is 0 Å². The van der Waals surface area contributed by atoms with E-state index in [4.69, 9.17) is 0 Å². The molecule has 2 aromatic rings. The van der Waals surface area contributed by atoms with E-state index in [-0.39, 0.29) is 11.6 Å². The van der Waals surface area contributed by atoms with E-state index in [1.165, 1.54) is 4.68 Å². The van der Waals surface area contributed by atoms with Crippen LogP contribution in [-0.4, -0.2) is 22.4 Å². The molecule has 0 saturated carbocycles. The van der Waals surface area contributed by atoms with Gasteiger partial charge in [-0.3, -0.25) is 4.79 Å². The van der Waals surface area contributed by atoms with Gasteiger partial charge in [0.1, 0.15) is 0 Å². The molecular formula is C15H18N4O2S. The predicted octanol–water partition coefficient (Wildman–Crippen LogP) is 1.29. The lowest BCUT2D eigenvalue weighted by atomic mass is 10.2. The Morgan fingerprint density at radius 1 is 1.36 bits per heavy atom. The largest absolute Gasteiger partial charge is 0.336 e. The van der Waals surface area contributed by atoms with Crippen molar-refractivity contribution in [3.8, 4) is 0 Å². The van der Waals surface area contributed by atoms with Crippen molar-refractivity contribution in [2.24, 2.45) is 0 Å². The van der Waals surface area contributed by atoms with Crippen LogP contribution in [0.25, 0.3) is 0 Å². The average Bonchev–Trinajstić information content (AvgIpc) is 3.16. The molecule has 0 spiro atoms. The highest BCUT2D eigenvalue weighted by atomic mass is 32.1. The highest BCUT2D eigenvalue weighted by molar-refractivity contribution is 7.09. The minimum Gasteiger partial charge on any atom is -0.336 e. The standard InChI is InChI=1S/C15H18N4O2S/c20-14-9-11-3-1-5-13(11)18-19(14)7-6-16-15(21)17-10-12-4-2-8-22-12/h2,4,8-9H,1,3,5-7,10H2,(H2,16,17,21). The molecule has 2 aromatic heterocycles. The number of rotatable bonds is 5. The van der Waals surface area contributed by atoms with Crippen molar-refractivity contribution in [1.29, 1.82) is 0 Å². The molecule has 0 saturated heterocycles. The summed E-state index contributed by atoms with van der Waals surface area (Å²) in [6.45, 7) is 1.28. The van der Waals surface area contributed by atoms with E-state index in [9.17, 15) is 9.59 Å². The summed E-state index contributed by atoms with van der Waals surface area (Å²) >= 11 is 1.60. The molecule has 6 nitrogen and oxygen atoms in total. The average molecular weight is 318 g/mol. The summed E-state index contributed by atoms with van der Waals surface area (Å²) in [7, 11) is 0. The molecule has 2 heterocycles. The van der Waals surface area contributed by atoms with Crippen LogP contribution in [0.4, 0.5) is 4.79 Å². The fourth-order valence-corrected chi connectivity index (χ4v) is 3.16. The molecule has 2 N–H and O–H groups in total. The zero-order valence-electron chi connectivity index (χ0n) is 12.2. The van der Waals surface area contributed by atoms with Crippen LogP contribution >= 0.6 is 11.3 Å². The molecule has 0 aromatic carbocycles. The number of carbonyl (C=O) groups excluding carboxylic acids is 1. The Kier molecular flexibility index (Phi) is 4.53. The maximum atomic E-state index is 11.9. The minimum absolute atomic E-state index is 0.0959. The molecule has 7 heteroatoms. The molecule has 0 fully saturated rings. The monoisotopic (exact) mass is 318 g/mol. The van der Waals surface area contributed by atoms with Crippen molar-refractivity contribution in [2.45, 2.75) is 32.4 Å². The maximum Gasteiger partial charge on any atom is 0.315 e. The highest BCUT2D eigenvalue weighted by Crippen LogP contribution is 2.16. The number of thiophene rings is 1. The summed E-state index contributed by atoms with van der Waals surface area (Å²) in [4.78, 5) is 24.7. The van der Waals surface area contributed by atoms with E-state index in [1.54, 1.807) is 17.4 Å². The first-order valence-electron chi connectivity index (χ1n) is 7.36. The van der Waals surface area contributed by atoms with E-state index < -0.39 is 0 Å². The molecule has 0 radical (unpaired) electrons. The van der Waals surface area contributed by atoms with Crippen LogP contribution in [0.3, 0.4) is 0 Å². The van der Waals surface area contributed by atoms with Crippen molar-refractivity contribution in [3.63, 3.8) is 0 Å². The number of aromatic nitrogens is 2. The Morgan fingerprint density at radius 2 is 2.27 bits per heavy atom. The van der Waals surface area contributed by atoms with Crippen LogP contribution in [0, 0.1) is 0 Å². The third kappa shape index (κ3) is 3.54. The van der Waals surface area contributed by atoms with Gasteiger partial charge in [-0.05, 0) is 36.3 Å². The van der Waals surface area contributed by atoms with Gasteiger partial charge in [0.05, 0.1) is 18.8 Å². The summed E-state index contributed by atoms with van der Waals surface area (Å²) in [5.41, 5.74) is 1.99. The smallest absolute Gasteiger partial charge is 0.315 e. The number of hydrogen-bond acceptors (Lipinski definition) is 4. The first-order chi connectivity index (χ1) is 10.7. The van der Waals surface area contributed by atoms with E-state index in [1.807, 2.05) is 17.5 Å². The number of hydrogen-bond donors (Lipinski definition) is 2. The Hall–Kier alpha value is -2.15. The molecule has 0 bridgehead atoms. The molecular weight excluding hydrogens is 300 g/mol. The number of nitrogens with one attached hydrogen (secondary N) is 2. The van der Waals surface area contributed by atoms with Crippen LogP contribution in [0.15, 0.2) is 28.4 Å².